The Morgan fingerprint density at radius 2 is 2.00 bits per heavy atom. The molecule has 0 aromatic heterocycles. The first-order chi connectivity index (χ1) is 8.56. The first-order valence-corrected chi connectivity index (χ1v) is 6.01. The van der Waals surface area contributed by atoms with Gasteiger partial charge < -0.3 is 21.3 Å². The molecule has 5 heteroatoms. The Morgan fingerprint density at radius 3 is 2.50 bits per heavy atom. The van der Waals surface area contributed by atoms with Gasteiger partial charge in [-0.2, -0.15) is 0 Å². The number of phenolic OH excluding ortho intramolecular Hbond substituents is 1. The van der Waals surface area contributed by atoms with Gasteiger partial charge in [-0.05, 0) is 30.5 Å². The van der Waals surface area contributed by atoms with Gasteiger partial charge >= 0.3 is 0 Å². The lowest BCUT2D eigenvalue weighted by atomic mass is 10.1. The van der Waals surface area contributed by atoms with Gasteiger partial charge in [-0.15, -0.1) is 0 Å². The summed E-state index contributed by atoms with van der Waals surface area (Å²) in [5.41, 5.74) is 6.67. The van der Waals surface area contributed by atoms with Gasteiger partial charge in [-0.1, -0.05) is 19.1 Å². The number of benzene rings is 1. The van der Waals surface area contributed by atoms with Gasteiger partial charge in [-0.3, -0.25) is 4.79 Å². The maximum Gasteiger partial charge on any atom is 0.237 e. The van der Waals surface area contributed by atoms with E-state index in [1.807, 2.05) is 6.92 Å². The Hall–Kier alpha value is -1.59. The second-order valence-electron chi connectivity index (χ2n) is 4.27. The van der Waals surface area contributed by atoms with Crippen molar-refractivity contribution in [2.75, 3.05) is 6.61 Å². The number of carbonyl (C=O) groups is 1. The smallest absolute Gasteiger partial charge is 0.237 e. The fourth-order valence-electron chi connectivity index (χ4n) is 1.56. The maximum absolute atomic E-state index is 11.7. The van der Waals surface area contributed by atoms with Crippen molar-refractivity contribution in [3.63, 3.8) is 0 Å². The molecule has 5 nitrogen and oxygen atoms in total. The molecule has 0 saturated carbocycles. The minimum atomic E-state index is -0.657. The van der Waals surface area contributed by atoms with Crippen molar-refractivity contribution in [3.8, 4) is 5.75 Å². The molecule has 0 spiro atoms. The fourth-order valence-corrected chi connectivity index (χ4v) is 1.56. The van der Waals surface area contributed by atoms with Crippen LogP contribution < -0.4 is 11.1 Å². The average Bonchev–Trinajstić information content (AvgIpc) is 2.38. The highest BCUT2D eigenvalue weighted by Gasteiger charge is 2.17. The van der Waals surface area contributed by atoms with Gasteiger partial charge in [0.05, 0.1) is 18.7 Å². The number of aliphatic hydroxyl groups excluding tert-OH is 1. The summed E-state index contributed by atoms with van der Waals surface area (Å²) in [6.45, 7) is 1.79. The Bertz CT molecular complexity index is 374. The molecule has 1 amide bonds. The lowest BCUT2D eigenvalue weighted by Gasteiger charge is -2.17. The molecule has 100 valence electrons. The molecule has 0 heterocycles. The minimum Gasteiger partial charge on any atom is -0.508 e. The molecule has 18 heavy (non-hydrogen) atoms. The minimum absolute atomic E-state index is 0.0891. The predicted molar refractivity (Wildman–Crippen MR) is 69.1 cm³/mol. The highest BCUT2D eigenvalue weighted by atomic mass is 16.3. The molecule has 0 radical (unpaired) electrons. The number of nitrogens with two attached hydrogens (primary N) is 1. The van der Waals surface area contributed by atoms with Crippen LogP contribution in [0.2, 0.25) is 0 Å². The van der Waals surface area contributed by atoms with Crippen molar-refractivity contribution in [1.29, 1.82) is 0 Å². The van der Waals surface area contributed by atoms with E-state index in [2.05, 4.69) is 5.32 Å². The Morgan fingerprint density at radius 1 is 1.39 bits per heavy atom. The van der Waals surface area contributed by atoms with Gasteiger partial charge in [0.2, 0.25) is 5.91 Å². The Balaban J connectivity index is 2.51. The number of aliphatic hydroxyl groups is 1. The van der Waals surface area contributed by atoms with Gasteiger partial charge in [0.15, 0.2) is 0 Å². The summed E-state index contributed by atoms with van der Waals surface area (Å²) in [5.74, 6) is -0.0907. The normalized spacial score (nSPS) is 13.9. The van der Waals surface area contributed by atoms with Crippen LogP contribution in [-0.2, 0) is 11.2 Å². The van der Waals surface area contributed by atoms with Crippen molar-refractivity contribution >= 4 is 5.91 Å². The molecule has 0 aliphatic carbocycles. The number of nitrogens with one attached hydrogen (secondary N) is 1. The molecule has 0 saturated heterocycles. The first kappa shape index (κ1) is 14.5. The van der Waals surface area contributed by atoms with Crippen LogP contribution in [0.5, 0.6) is 5.75 Å². The molecule has 2 atom stereocenters. The number of amides is 1. The molecule has 0 aliphatic heterocycles. The SMILES string of the molecule is CC[C@H](CO)NC(=O)[C@H](N)Cc1ccc(O)cc1. The number of aromatic hydroxyl groups is 1. The summed E-state index contributed by atoms with van der Waals surface area (Å²) in [6.07, 6.45) is 1.06. The van der Waals surface area contributed by atoms with Gasteiger partial charge in [0.1, 0.15) is 5.75 Å². The number of rotatable bonds is 6. The third kappa shape index (κ3) is 4.35. The predicted octanol–water partition coefficient (Wildman–Crippen LogP) is 0.149. The molecular formula is C13H20N2O3. The van der Waals surface area contributed by atoms with E-state index < -0.39 is 6.04 Å². The summed E-state index contributed by atoms with van der Waals surface area (Å²) >= 11 is 0. The largest absolute Gasteiger partial charge is 0.508 e. The quantitative estimate of drug-likeness (QED) is 0.579. The lowest BCUT2D eigenvalue weighted by molar-refractivity contribution is -0.123. The number of hydrogen-bond donors (Lipinski definition) is 4. The van der Waals surface area contributed by atoms with Crippen LogP contribution in [0, 0.1) is 0 Å². The monoisotopic (exact) mass is 252 g/mol. The number of hydrogen-bond acceptors (Lipinski definition) is 4. The van der Waals surface area contributed by atoms with E-state index in [4.69, 9.17) is 15.9 Å². The second kappa shape index (κ2) is 6.98. The van der Waals surface area contributed by atoms with Crippen LogP contribution in [-0.4, -0.2) is 34.8 Å². The summed E-state index contributed by atoms with van der Waals surface area (Å²) < 4.78 is 0. The van der Waals surface area contributed by atoms with Crippen LogP contribution in [0.25, 0.3) is 0 Å². The highest BCUT2D eigenvalue weighted by molar-refractivity contribution is 5.82. The zero-order chi connectivity index (χ0) is 13.5. The Labute approximate surface area is 107 Å². The first-order valence-electron chi connectivity index (χ1n) is 6.01. The van der Waals surface area contributed by atoms with E-state index in [0.717, 1.165) is 5.56 Å². The van der Waals surface area contributed by atoms with Crippen LogP contribution in [0.1, 0.15) is 18.9 Å². The molecule has 1 aromatic carbocycles. The van der Waals surface area contributed by atoms with Gasteiger partial charge in [0, 0.05) is 0 Å². The zero-order valence-electron chi connectivity index (χ0n) is 10.5. The highest BCUT2D eigenvalue weighted by Crippen LogP contribution is 2.10. The topological polar surface area (TPSA) is 95.6 Å². The molecule has 5 N–H and O–H groups in total. The van der Waals surface area contributed by atoms with Crippen molar-refractivity contribution < 1.29 is 15.0 Å². The summed E-state index contributed by atoms with van der Waals surface area (Å²) in [4.78, 5) is 11.7. The van der Waals surface area contributed by atoms with E-state index >= 15 is 0 Å². The molecule has 0 bridgehead atoms. The van der Waals surface area contributed by atoms with Crippen LogP contribution in [0.3, 0.4) is 0 Å². The van der Waals surface area contributed by atoms with E-state index in [9.17, 15) is 4.79 Å². The molecule has 0 unspecified atom stereocenters. The van der Waals surface area contributed by atoms with Crippen LogP contribution >= 0.6 is 0 Å². The lowest BCUT2D eigenvalue weighted by Crippen LogP contribution is -2.47. The van der Waals surface area contributed by atoms with Crippen LogP contribution in [0.4, 0.5) is 0 Å². The molecule has 1 rings (SSSR count). The fraction of sp³-hybridized carbons (Fsp3) is 0.462. The van der Waals surface area contributed by atoms with Crippen molar-refractivity contribution in [2.45, 2.75) is 31.8 Å². The molecule has 0 fully saturated rings. The standard InChI is InChI=1S/C13H20N2O3/c1-2-10(8-16)15-13(18)12(14)7-9-3-5-11(17)6-4-9/h3-6,10,12,16-17H,2,7-8,14H2,1H3,(H,15,18)/t10-,12-/m1/s1. The molecule has 1 aromatic rings. The summed E-state index contributed by atoms with van der Waals surface area (Å²) in [7, 11) is 0. The zero-order valence-corrected chi connectivity index (χ0v) is 10.5. The third-order valence-corrected chi connectivity index (χ3v) is 2.79. The van der Waals surface area contributed by atoms with E-state index in [0.29, 0.717) is 12.8 Å². The second-order valence-corrected chi connectivity index (χ2v) is 4.27. The molecular weight excluding hydrogens is 232 g/mol. The summed E-state index contributed by atoms with van der Waals surface area (Å²) in [6, 6.07) is 5.67. The van der Waals surface area contributed by atoms with Crippen molar-refractivity contribution in [3.05, 3.63) is 29.8 Å². The van der Waals surface area contributed by atoms with E-state index in [1.54, 1.807) is 24.3 Å². The van der Waals surface area contributed by atoms with Gasteiger partial charge in [-0.25, -0.2) is 0 Å². The van der Waals surface area contributed by atoms with E-state index in [1.165, 1.54) is 0 Å². The Kier molecular flexibility index (Phi) is 5.61. The number of phenols is 1. The molecule has 0 aliphatic rings. The summed E-state index contributed by atoms with van der Waals surface area (Å²) in [5, 5.41) is 20.8. The maximum atomic E-state index is 11.7. The van der Waals surface area contributed by atoms with Crippen molar-refractivity contribution in [2.24, 2.45) is 5.73 Å². The number of carbonyl (C=O) groups excluding carboxylic acids is 1. The third-order valence-electron chi connectivity index (χ3n) is 2.79. The average molecular weight is 252 g/mol. The van der Waals surface area contributed by atoms with Crippen LogP contribution in [0.15, 0.2) is 24.3 Å². The van der Waals surface area contributed by atoms with E-state index in [-0.39, 0.29) is 24.3 Å². The van der Waals surface area contributed by atoms with Gasteiger partial charge in [0.25, 0.3) is 0 Å². The van der Waals surface area contributed by atoms with Crippen molar-refractivity contribution in [1.82, 2.24) is 5.32 Å².